The van der Waals surface area contributed by atoms with Crippen LogP contribution in [0.2, 0.25) is 0 Å². The van der Waals surface area contributed by atoms with Gasteiger partial charge in [-0.3, -0.25) is 9.67 Å². The second kappa shape index (κ2) is 4.49. The van der Waals surface area contributed by atoms with Crippen LogP contribution in [0.3, 0.4) is 0 Å². The van der Waals surface area contributed by atoms with Crippen molar-refractivity contribution in [3.05, 3.63) is 35.7 Å². The van der Waals surface area contributed by atoms with E-state index in [0.717, 1.165) is 30.8 Å². The Bertz CT molecular complexity index is 519. The first-order valence-electron chi connectivity index (χ1n) is 5.96. The third kappa shape index (κ3) is 1.84. The number of hydrogen-bond donors (Lipinski definition) is 0. The molecule has 0 bridgehead atoms. The van der Waals surface area contributed by atoms with Gasteiger partial charge in [0.05, 0.1) is 12.2 Å². The lowest BCUT2D eigenvalue weighted by Crippen LogP contribution is -2.05. The van der Waals surface area contributed by atoms with E-state index in [1.807, 2.05) is 24.4 Å². The predicted octanol–water partition coefficient (Wildman–Crippen LogP) is 2.67. The first-order chi connectivity index (χ1) is 8.40. The number of halogens is 1. The van der Waals surface area contributed by atoms with Gasteiger partial charge in [-0.25, -0.2) is 0 Å². The molecule has 0 saturated carbocycles. The van der Waals surface area contributed by atoms with Gasteiger partial charge in [-0.1, -0.05) is 6.07 Å². The van der Waals surface area contributed by atoms with E-state index < -0.39 is 0 Å². The zero-order valence-electron chi connectivity index (χ0n) is 9.56. The average molecular weight is 248 g/mol. The molecule has 4 heteroatoms. The Morgan fingerprint density at radius 3 is 3.00 bits per heavy atom. The quantitative estimate of drug-likeness (QED) is 0.781. The summed E-state index contributed by atoms with van der Waals surface area (Å²) in [7, 11) is 0. The Hall–Kier alpha value is -1.35. The Balaban J connectivity index is 2.09. The number of nitrogens with zero attached hydrogens (tertiary/aromatic N) is 3. The number of pyridine rings is 1. The smallest absolute Gasteiger partial charge is 0.114 e. The predicted molar refractivity (Wildman–Crippen MR) is 68.2 cm³/mol. The maximum atomic E-state index is 5.82. The number of alkyl halides is 1. The van der Waals surface area contributed by atoms with Crippen LogP contribution in [0, 0.1) is 0 Å². The zero-order chi connectivity index (χ0) is 11.7. The van der Waals surface area contributed by atoms with Gasteiger partial charge in [0.25, 0.3) is 0 Å². The lowest BCUT2D eigenvalue weighted by atomic mass is 10.1. The summed E-state index contributed by atoms with van der Waals surface area (Å²) in [6.45, 7) is 0.788. The molecule has 1 aliphatic rings. The Morgan fingerprint density at radius 2 is 2.24 bits per heavy atom. The number of fused-ring (bicyclic) bond motifs is 1. The maximum Gasteiger partial charge on any atom is 0.114 e. The van der Waals surface area contributed by atoms with Crippen molar-refractivity contribution in [2.75, 3.05) is 5.88 Å². The van der Waals surface area contributed by atoms with Gasteiger partial charge in [0.15, 0.2) is 0 Å². The van der Waals surface area contributed by atoms with Gasteiger partial charge in [-0.2, -0.15) is 5.10 Å². The maximum absolute atomic E-state index is 5.82. The first-order valence-corrected chi connectivity index (χ1v) is 6.49. The van der Waals surface area contributed by atoms with Crippen LogP contribution in [0.5, 0.6) is 0 Å². The third-order valence-corrected chi connectivity index (χ3v) is 3.38. The monoisotopic (exact) mass is 247 g/mol. The van der Waals surface area contributed by atoms with E-state index in [1.165, 1.54) is 17.7 Å². The topological polar surface area (TPSA) is 30.7 Å². The summed E-state index contributed by atoms with van der Waals surface area (Å²) < 4.78 is 2.05. The normalized spacial score (nSPS) is 13.9. The van der Waals surface area contributed by atoms with E-state index in [9.17, 15) is 0 Å². The fraction of sp³-hybridized carbons (Fsp3) is 0.385. The molecule has 2 aromatic heterocycles. The second-order valence-corrected chi connectivity index (χ2v) is 4.63. The van der Waals surface area contributed by atoms with Crippen molar-refractivity contribution in [2.24, 2.45) is 0 Å². The molecular formula is C13H14ClN3. The van der Waals surface area contributed by atoms with E-state index in [2.05, 4.69) is 14.8 Å². The molecule has 2 heterocycles. The van der Waals surface area contributed by atoms with E-state index in [0.29, 0.717) is 5.88 Å². The summed E-state index contributed by atoms with van der Waals surface area (Å²) in [5.41, 5.74) is 4.74. The van der Waals surface area contributed by atoms with Crippen molar-refractivity contribution >= 4 is 11.6 Å². The molecule has 17 heavy (non-hydrogen) atoms. The summed E-state index contributed by atoms with van der Waals surface area (Å²) in [5.74, 6) is 0.607. The highest BCUT2D eigenvalue weighted by Crippen LogP contribution is 2.30. The van der Waals surface area contributed by atoms with E-state index >= 15 is 0 Å². The molecule has 0 amide bonds. The minimum absolute atomic E-state index is 0.607. The minimum Gasteiger partial charge on any atom is -0.267 e. The molecule has 0 spiro atoms. The molecule has 1 aliphatic carbocycles. The first kappa shape index (κ1) is 10.8. The third-order valence-electron chi connectivity index (χ3n) is 3.21. The Morgan fingerprint density at radius 1 is 1.29 bits per heavy atom. The molecule has 2 aromatic rings. The van der Waals surface area contributed by atoms with Crippen molar-refractivity contribution in [2.45, 2.75) is 25.8 Å². The zero-order valence-corrected chi connectivity index (χ0v) is 10.3. The summed E-state index contributed by atoms with van der Waals surface area (Å²) in [5, 5.41) is 4.66. The Kier molecular flexibility index (Phi) is 2.85. The van der Waals surface area contributed by atoms with Gasteiger partial charge in [0, 0.05) is 23.3 Å². The highest BCUT2D eigenvalue weighted by atomic mass is 35.5. The van der Waals surface area contributed by atoms with Gasteiger partial charge in [-0.05, 0) is 31.4 Å². The van der Waals surface area contributed by atoms with E-state index in [1.54, 1.807) is 0 Å². The summed E-state index contributed by atoms with van der Waals surface area (Å²) in [6, 6.07) is 5.95. The second-order valence-electron chi connectivity index (χ2n) is 4.25. The largest absolute Gasteiger partial charge is 0.267 e. The lowest BCUT2D eigenvalue weighted by molar-refractivity contribution is 0.627. The molecule has 0 N–H and O–H groups in total. The van der Waals surface area contributed by atoms with Crippen molar-refractivity contribution in [3.8, 4) is 11.4 Å². The summed E-state index contributed by atoms with van der Waals surface area (Å²) in [4.78, 5) is 4.39. The Labute approximate surface area is 105 Å². The van der Waals surface area contributed by atoms with Crippen molar-refractivity contribution in [1.82, 2.24) is 14.8 Å². The van der Waals surface area contributed by atoms with Crippen LogP contribution in [-0.2, 0) is 19.4 Å². The molecule has 0 atom stereocenters. The van der Waals surface area contributed by atoms with Gasteiger partial charge in [0.2, 0.25) is 0 Å². The fourth-order valence-corrected chi connectivity index (χ4v) is 2.64. The van der Waals surface area contributed by atoms with Crippen LogP contribution >= 0.6 is 11.6 Å². The minimum atomic E-state index is 0.607. The number of hydrogen-bond acceptors (Lipinski definition) is 2. The molecule has 0 unspecified atom stereocenters. The van der Waals surface area contributed by atoms with Gasteiger partial charge in [-0.15, -0.1) is 11.6 Å². The molecule has 0 aliphatic heterocycles. The van der Waals surface area contributed by atoms with Crippen molar-refractivity contribution in [1.29, 1.82) is 0 Å². The van der Waals surface area contributed by atoms with Gasteiger partial charge in [0.1, 0.15) is 5.69 Å². The van der Waals surface area contributed by atoms with Crippen molar-refractivity contribution in [3.63, 3.8) is 0 Å². The van der Waals surface area contributed by atoms with E-state index in [4.69, 9.17) is 11.6 Å². The molecular weight excluding hydrogens is 234 g/mol. The van der Waals surface area contributed by atoms with E-state index in [-0.39, 0.29) is 0 Å². The molecule has 3 rings (SSSR count). The standard InChI is InChI=1S/C13H14ClN3/c14-7-9-17-12-6-3-4-10(12)13(16-17)11-5-1-2-8-15-11/h1-2,5,8H,3-4,6-7,9H2. The summed E-state index contributed by atoms with van der Waals surface area (Å²) in [6.07, 6.45) is 5.27. The SMILES string of the molecule is ClCCn1nc(-c2ccccn2)c2c1CCC2. The number of aryl methyl sites for hydroxylation is 1. The molecule has 0 aromatic carbocycles. The van der Waals surface area contributed by atoms with Crippen LogP contribution in [0.25, 0.3) is 11.4 Å². The molecule has 0 radical (unpaired) electrons. The van der Waals surface area contributed by atoms with Gasteiger partial charge < -0.3 is 0 Å². The number of rotatable bonds is 3. The molecule has 0 saturated heterocycles. The van der Waals surface area contributed by atoms with Crippen LogP contribution in [0.1, 0.15) is 17.7 Å². The van der Waals surface area contributed by atoms with Crippen LogP contribution < -0.4 is 0 Å². The highest BCUT2D eigenvalue weighted by Gasteiger charge is 2.23. The highest BCUT2D eigenvalue weighted by molar-refractivity contribution is 6.17. The van der Waals surface area contributed by atoms with Crippen LogP contribution in [-0.4, -0.2) is 20.6 Å². The average Bonchev–Trinajstić information content (AvgIpc) is 2.94. The van der Waals surface area contributed by atoms with Gasteiger partial charge >= 0.3 is 0 Å². The number of aromatic nitrogens is 3. The fourth-order valence-electron chi connectivity index (χ4n) is 2.48. The van der Waals surface area contributed by atoms with Crippen molar-refractivity contribution < 1.29 is 0 Å². The van der Waals surface area contributed by atoms with Crippen LogP contribution in [0.4, 0.5) is 0 Å². The molecule has 88 valence electrons. The molecule has 0 fully saturated rings. The van der Waals surface area contributed by atoms with Crippen LogP contribution in [0.15, 0.2) is 24.4 Å². The molecule has 3 nitrogen and oxygen atoms in total. The summed E-state index contributed by atoms with van der Waals surface area (Å²) >= 11 is 5.82. The lowest BCUT2D eigenvalue weighted by Gasteiger charge is -2.01.